The third-order valence-electron chi connectivity index (χ3n) is 4.31. The van der Waals surface area contributed by atoms with Gasteiger partial charge in [-0.25, -0.2) is 0 Å². The van der Waals surface area contributed by atoms with Gasteiger partial charge in [0.2, 0.25) is 0 Å². The lowest BCUT2D eigenvalue weighted by atomic mass is 9.71. The van der Waals surface area contributed by atoms with E-state index < -0.39 is 16.6 Å². The fraction of sp³-hybridized carbons (Fsp3) is 0.857. The second-order valence-corrected chi connectivity index (χ2v) is 6.96. The molecule has 1 heterocycles. The Morgan fingerprint density at radius 2 is 2.00 bits per heavy atom. The van der Waals surface area contributed by atoms with E-state index in [0.717, 1.165) is 6.42 Å². The molecule has 1 saturated heterocycles. The van der Waals surface area contributed by atoms with Crippen LogP contribution in [0.2, 0.25) is 0 Å². The van der Waals surface area contributed by atoms with Crippen molar-refractivity contribution in [2.24, 2.45) is 11.3 Å². The van der Waals surface area contributed by atoms with Crippen molar-refractivity contribution in [3.63, 3.8) is 0 Å². The standard InChI is InChI=1S/C14H22O4/c1-12(2,3)11(16)18-13(4)7-6-9-8-14(13,5)17-10(9)15/h9H,6-8H2,1-5H3. The first-order valence-electron chi connectivity index (χ1n) is 6.54. The number of carbonyl (C=O) groups is 2. The second kappa shape index (κ2) is 3.72. The maximum absolute atomic E-state index is 12.1. The molecule has 0 aromatic heterocycles. The molecule has 2 fully saturated rings. The van der Waals surface area contributed by atoms with Crippen LogP contribution < -0.4 is 0 Å². The highest BCUT2D eigenvalue weighted by Gasteiger charge is 2.61. The van der Waals surface area contributed by atoms with Crippen molar-refractivity contribution in [3.05, 3.63) is 0 Å². The number of carbonyl (C=O) groups excluding carboxylic acids is 2. The summed E-state index contributed by atoms with van der Waals surface area (Å²) in [6.45, 7) is 9.24. The van der Waals surface area contributed by atoms with Gasteiger partial charge in [0.25, 0.3) is 0 Å². The van der Waals surface area contributed by atoms with Crippen molar-refractivity contribution in [1.82, 2.24) is 0 Å². The molecule has 0 N–H and O–H groups in total. The summed E-state index contributed by atoms with van der Waals surface area (Å²) in [5.41, 5.74) is -1.92. The number of hydrogen-bond donors (Lipinski definition) is 0. The number of rotatable bonds is 1. The van der Waals surface area contributed by atoms with Crippen LogP contribution in [0.15, 0.2) is 0 Å². The molecule has 2 rings (SSSR count). The largest absolute Gasteiger partial charge is 0.455 e. The molecule has 18 heavy (non-hydrogen) atoms. The first-order chi connectivity index (χ1) is 8.07. The van der Waals surface area contributed by atoms with Crippen LogP contribution in [0, 0.1) is 11.3 Å². The molecule has 102 valence electrons. The Hall–Kier alpha value is -1.06. The van der Waals surface area contributed by atoms with Crippen molar-refractivity contribution < 1.29 is 19.1 Å². The van der Waals surface area contributed by atoms with Crippen LogP contribution in [0.4, 0.5) is 0 Å². The minimum Gasteiger partial charge on any atom is -0.455 e. The van der Waals surface area contributed by atoms with Gasteiger partial charge in [0.15, 0.2) is 0 Å². The van der Waals surface area contributed by atoms with Crippen LogP contribution in [-0.2, 0) is 19.1 Å². The van der Waals surface area contributed by atoms with E-state index in [2.05, 4.69) is 0 Å². The quantitative estimate of drug-likeness (QED) is 0.674. The van der Waals surface area contributed by atoms with Crippen molar-refractivity contribution in [3.8, 4) is 0 Å². The molecule has 1 aliphatic carbocycles. The zero-order valence-corrected chi connectivity index (χ0v) is 11.8. The molecule has 0 aromatic carbocycles. The van der Waals surface area contributed by atoms with Gasteiger partial charge < -0.3 is 9.47 Å². The Balaban J connectivity index is 2.21. The molecule has 3 unspecified atom stereocenters. The average Bonchev–Trinajstić information content (AvgIpc) is 2.46. The lowest BCUT2D eigenvalue weighted by molar-refractivity contribution is -0.204. The molecule has 4 heteroatoms. The number of ether oxygens (including phenoxy) is 2. The van der Waals surface area contributed by atoms with E-state index in [4.69, 9.17) is 9.47 Å². The van der Waals surface area contributed by atoms with Crippen molar-refractivity contribution in [2.45, 2.75) is 65.1 Å². The average molecular weight is 254 g/mol. The topological polar surface area (TPSA) is 52.6 Å². The van der Waals surface area contributed by atoms with Gasteiger partial charge in [-0.2, -0.15) is 0 Å². The Kier molecular flexibility index (Phi) is 2.76. The van der Waals surface area contributed by atoms with Crippen LogP contribution in [0.5, 0.6) is 0 Å². The van der Waals surface area contributed by atoms with Crippen LogP contribution in [-0.4, -0.2) is 23.1 Å². The van der Waals surface area contributed by atoms with Crippen LogP contribution in [0.3, 0.4) is 0 Å². The zero-order valence-electron chi connectivity index (χ0n) is 11.8. The summed E-state index contributed by atoms with van der Waals surface area (Å²) < 4.78 is 11.2. The smallest absolute Gasteiger partial charge is 0.311 e. The van der Waals surface area contributed by atoms with E-state index in [0.29, 0.717) is 12.8 Å². The number of hydrogen-bond acceptors (Lipinski definition) is 4. The highest BCUT2D eigenvalue weighted by molar-refractivity contribution is 5.78. The predicted octanol–water partition coefficient (Wildman–Crippen LogP) is 2.45. The van der Waals surface area contributed by atoms with Gasteiger partial charge in [0, 0.05) is 6.42 Å². The molecular formula is C14H22O4. The first kappa shape index (κ1) is 13.4. The predicted molar refractivity (Wildman–Crippen MR) is 65.8 cm³/mol. The first-order valence-corrected chi connectivity index (χ1v) is 6.54. The summed E-state index contributed by atoms with van der Waals surface area (Å²) in [6.07, 6.45) is 2.07. The maximum atomic E-state index is 12.1. The number of fused-ring (bicyclic) bond motifs is 2. The summed E-state index contributed by atoms with van der Waals surface area (Å²) in [5.74, 6) is -0.405. The fourth-order valence-electron chi connectivity index (χ4n) is 2.68. The molecule has 1 saturated carbocycles. The maximum Gasteiger partial charge on any atom is 0.311 e. The van der Waals surface area contributed by atoms with E-state index >= 15 is 0 Å². The van der Waals surface area contributed by atoms with Gasteiger partial charge in [-0.3, -0.25) is 9.59 Å². The summed E-state index contributed by atoms with van der Waals surface area (Å²) >= 11 is 0. The summed E-state index contributed by atoms with van der Waals surface area (Å²) in [6, 6.07) is 0. The third kappa shape index (κ3) is 1.91. The van der Waals surface area contributed by atoms with Crippen molar-refractivity contribution >= 4 is 11.9 Å². The van der Waals surface area contributed by atoms with Crippen LogP contribution >= 0.6 is 0 Å². The summed E-state index contributed by atoms with van der Waals surface area (Å²) in [7, 11) is 0. The van der Waals surface area contributed by atoms with E-state index in [1.807, 2.05) is 34.6 Å². The molecule has 0 radical (unpaired) electrons. The Labute approximate surface area is 108 Å². The number of esters is 2. The molecule has 4 nitrogen and oxygen atoms in total. The molecule has 2 aliphatic rings. The molecular weight excluding hydrogens is 232 g/mol. The fourth-order valence-corrected chi connectivity index (χ4v) is 2.68. The Morgan fingerprint density at radius 3 is 2.56 bits per heavy atom. The molecule has 1 aliphatic heterocycles. The van der Waals surface area contributed by atoms with Gasteiger partial charge in [0.05, 0.1) is 11.3 Å². The summed E-state index contributed by atoms with van der Waals surface area (Å²) in [5, 5.41) is 0. The lowest BCUT2D eigenvalue weighted by Gasteiger charge is -2.44. The molecule has 2 bridgehead atoms. The van der Waals surface area contributed by atoms with Gasteiger partial charge in [-0.15, -0.1) is 0 Å². The molecule has 0 amide bonds. The second-order valence-electron chi connectivity index (χ2n) is 6.96. The van der Waals surface area contributed by atoms with Crippen LogP contribution in [0.1, 0.15) is 53.9 Å². The van der Waals surface area contributed by atoms with Gasteiger partial charge in [0.1, 0.15) is 11.2 Å². The van der Waals surface area contributed by atoms with Crippen molar-refractivity contribution in [2.75, 3.05) is 0 Å². The molecule has 0 spiro atoms. The SMILES string of the molecule is CC(C)(C)C(=O)OC1(C)CCC2CC1(C)OC2=O. The monoisotopic (exact) mass is 254 g/mol. The van der Waals surface area contributed by atoms with E-state index in [-0.39, 0.29) is 17.9 Å². The minimum atomic E-state index is -0.708. The molecule has 0 aromatic rings. The van der Waals surface area contributed by atoms with E-state index in [1.54, 1.807) is 0 Å². The van der Waals surface area contributed by atoms with Crippen molar-refractivity contribution in [1.29, 1.82) is 0 Å². The van der Waals surface area contributed by atoms with E-state index in [1.165, 1.54) is 0 Å². The third-order valence-corrected chi connectivity index (χ3v) is 4.31. The van der Waals surface area contributed by atoms with Gasteiger partial charge in [-0.1, -0.05) is 0 Å². The normalized spacial score (nSPS) is 39.4. The van der Waals surface area contributed by atoms with Crippen LogP contribution in [0.25, 0.3) is 0 Å². The highest BCUT2D eigenvalue weighted by atomic mass is 16.6. The van der Waals surface area contributed by atoms with E-state index in [9.17, 15) is 9.59 Å². The Morgan fingerprint density at radius 1 is 1.39 bits per heavy atom. The lowest BCUT2D eigenvalue weighted by Crippen LogP contribution is -2.55. The minimum absolute atomic E-state index is 0.0172. The highest BCUT2D eigenvalue weighted by Crippen LogP contribution is 2.50. The molecule has 3 atom stereocenters. The van der Waals surface area contributed by atoms with Gasteiger partial charge in [-0.05, 0) is 47.5 Å². The van der Waals surface area contributed by atoms with Gasteiger partial charge >= 0.3 is 11.9 Å². The summed E-state index contributed by atoms with van der Waals surface area (Å²) in [4.78, 5) is 23.7. The Bertz CT molecular complexity index is 395. The zero-order chi connectivity index (χ0) is 13.8.